The van der Waals surface area contributed by atoms with Gasteiger partial charge in [0.2, 0.25) is 11.8 Å². The van der Waals surface area contributed by atoms with Crippen LogP contribution < -0.4 is 9.80 Å². The Morgan fingerprint density at radius 3 is 2.27 bits per heavy atom. The summed E-state index contributed by atoms with van der Waals surface area (Å²) in [6, 6.07) is 12.1. The van der Waals surface area contributed by atoms with Crippen molar-refractivity contribution >= 4 is 38.8 Å². The van der Waals surface area contributed by atoms with Crippen LogP contribution in [0.1, 0.15) is 29.3 Å². The van der Waals surface area contributed by atoms with Crippen molar-refractivity contribution in [3.05, 3.63) is 53.6 Å². The third-order valence-corrected chi connectivity index (χ3v) is 8.06. The van der Waals surface area contributed by atoms with Crippen LogP contribution in [-0.2, 0) is 25.8 Å². The summed E-state index contributed by atoms with van der Waals surface area (Å²) >= 11 is 0. The lowest BCUT2D eigenvalue weighted by Gasteiger charge is -2.36. The van der Waals surface area contributed by atoms with Gasteiger partial charge in [-0.2, -0.15) is 0 Å². The number of nitrogens with zero attached hydrogens (tertiary/aromatic N) is 3. The van der Waals surface area contributed by atoms with E-state index in [0.717, 1.165) is 11.4 Å². The monoisotopic (exact) mass is 469 g/mol. The lowest BCUT2D eigenvalue weighted by molar-refractivity contribution is -0.131. The van der Waals surface area contributed by atoms with Crippen LogP contribution in [0.3, 0.4) is 0 Å². The number of fused-ring (bicyclic) bond motifs is 1. The molecule has 2 amide bonds. The number of piperazine rings is 1. The van der Waals surface area contributed by atoms with E-state index in [2.05, 4.69) is 4.90 Å². The molecule has 0 radical (unpaired) electrons. The topological polar surface area (TPSA) is 95.1 Å². The number of hydrogen-bond donors (Lipinski definition) is 0. The molecular weight excluding hydrogens is 442 g/mol. The predicted octanol–water partition coefficient (Wildman–Crippen LogP) is 1.92. The van der Waals surface area contributed by atoms with Crippen LogP contribution in [0, 0.1) is 0 Å². The highest BCUT2D eigenvalue weighted by atomic mass is 32.2. The van der Waals surface area contributed by atoms with Crippen LogP contribution in [0.5, 0.6) is 0 Å². The van der Waals surface area contributed by atoms with E-state index in [4.69, 9.17) is 0 Å². The summed E-state index contributed by atoms with van der Waals surface area (Å²) in [4.78, 5) is 41.5. The fourth-order valence-corrected chi connectivity index (χ4v) is 5.53. The molecule has 0 saturated carbocycles. The smallest absolute Gasteiger partial charge is 0.231 e. The Labute approximate surface area is 193 Å². The number of rotatable bonds is 6. The van der Waals surface area contributed by atoms with Crippen LogP contribution in [0.25, 0.3) is 0 Å². The maximum atomic E-state index is 12.8. The van der Waals surface area contributed by atoms with Gasteiger partial charge in [-0.3, -0.25) is 14.4 Å². The number of carbonyl (C=O) groups excluding carboxylic acids is 3. The zero-order valence-corrected chi connectivity index (χ0v) is 19.6. The summed E-state index contributed by atoms with van der Waals surface area (Å²) in [7, 11) is -1.96. The zero-order valence-electron chi connectivity index (χ0n) is 18.8. The van der Waals surface area contributed by atoms with E-state index in [0.29, 0.717) is 37.3 Å². The lowest BCUT2D eigenvalue weighted by Crippen LogP contribution is -2.49. The molecule has 2 aliphatic rings. The second-order valence-electron chi connectivity index (χ2n) is 8.46. The van der Waals surface area contributed by atoms with Crippen molar-refractivity contribution in [2.24, 2.45) is 0 Å². The Bertz CT molecular complexity index is 1200. The molecule has 9 heteroatoms. The standard InChI is InChI=1S/C24H27N3O5S/c1-17(28)18-3-5-20(6-4-18)26-10-12-27(13-11-26)23(29)9-14-33(31,32)21-7-8-22-19(15-21)16-24(30)25(22)2/h3-8,15H,9-14,16H2,1-2H3. The Balaban J connectivity index is 1.32. The molecule has 2 aromatic rings. The normalized spacial score (nSPS) is 16.2. The zero-order chi connectivity index (χ0) is 23.8. The molecule has 2 aromatic carbocycles. The van der Waals surface area contributed by atoms with Gasteiger partial charge in [0.15, 0.2) is 15.6 Å². The van der Waals surface area contributed by atoms with E-state index < -0.39 is 9.84 Å². The quantitative estimate of drug-likeness (QED) is 0.600. The average molecular weight is 470 g/mol. The number of hydrogen-bond acceptors (Lipinski definition) is 6. The molecule has 174 valence electrons. The Morgan fingerprint density at radius 2 is 1.64 bits per heavy atom. The van der Waals surface area contributed by atoms with Crippen LogP contribution >= 0.6 is 0 Å². The summed E-state index contributed by atoms with van der Waals surface area (Å²) in [6.07, 6.45) is 0.113. The van der Waals surface area contributed by atoms with Gasteiger partial charge >= 0.3 is 0 Å². The number of benzene rings is 2. The number of amides is 2. The molecule has 0 unspecified atom stereocenters. The predicted molar refractivity (Wildman–Crippen MR) is 125 cm³/mol. The van der Waals surface area contributed by atoms with E-state index in [9.17, 15) is 22.8 Å². The van der Waals surface area contributed by atoms with Crippen molar-refractivity contribution in [3.63, 3.8) is 0 Å². The minimum atomic E-state index is -3.63. The van der Waals surface area contributed by atoms with Gasteiger partial charge in [0.1, 0.15) is 0 Å². The van der Waals surface area contributed by atoms with E-state index in [-0.39, 0.29) is 41.1 Å². The fraction of sp³-hybridized carbons (Fsp3) is 0.375. The first-order chi connectivity index (χ1) is 15.7. The summed E-state index contributed by atoms with van der Waals surface area (Å²) in [5.74, 6) is -0.487. The minimum Gasteiger partial charge on any atom is -0.368 e. The van der Waals surface area contributed by atoms with Crippen molar-refractivity contribution in [2.75, 3.05) is 48.8 Å². The Kier molecular flexibility index (Phi) is 6.25. The van der Waals surface area contributed by atoms with E-state index in [1.807, 2.05) is 12.1 Å². The summed E-state index contributed by atoms with van der Waals surface area (Å²) in [6.45, 7) is 3.85. The Morgan fingerprint density at radius 1 is 0.970 bits per heavy atom. The first-order valence-electron chi connectivity index (χ1n) is 10.9. The van der Waals surface area contributed by atoms with Gasteiger partial charge in [0.25, 0.3) is 0 Å². The first-order valence-corrected chi connectivity index (χ1v) is 12.6. The summed E-state index contributed by atoms with van der Waals surface area (Å²) in [5.41, 5.74) is 3.08. The highest BCUT2D eigenvalue weighted by Crippen LogP contribution is 2.30. The van der Waals surface area contributed by atoms with Gasteiger partial charge < -0.3 is 14.7 Å². The summed E-state index contributed by atoms with van der Waals surface area (Å²) < 4.78 is 25.6. The van der Waals surface area contributed by atoms with E-state index >= 15 is 0 Å². The molecule has 1 saturated heterocycles. The second kappa shape index (κ2) is 8.97. The third kappa shape index (κ3) is 4.78. The molecule has 0 N–H and O–H groups in total. The van der Waals surface area contributed by atoms with Crippen LogP contribution in [-0.4, -0.2) is 69.9 Å². The van der Waals surface area contributed by atoms with Gasteiger partial charge in [-0.15, -0.1) is 0 Å². The number of Topliss-reactive ketones (excluding diaryl/α,β-unsaturated/α-hetero) is 1. The number of sulfone groups is 1. The summed E-state index contributed by atoms with van der Waals surface area (Å²) in [5, 5.41) is 0. The van der Waals surface area contributed by atoms with Crippen LogP contribution in [0.2, 0.25) is 0 Å². The molecule has 4 rings (SSSR count). The van der Waals surface area contributed by atoms with Gasteiger partial charge in [-0.25, -0.2) is 8.42 Å². The molecule has 0 bridgehead atoms. The fourth-order valence-electron chi connectivity index (χ4n) is 4.26. The maximum absolute atomic E-state index is 12.8. The largest absolute Gasteiger partial charge is 0.368 e. The van der Waals surface area contributed by atoms with Gasteiger partial charge in [-0.05, 0) is 55.0 Å². The molecule has 0 atom stereocenters. The van der Waals surface area contributed by atoms with E-state index in [1.54, 1.807) is 36.2 Å². The minimum absolute atomic E-state index is 0.0210. The first kappa shape index (κ1) is 23.0. The number of ketones is 1. The van der Waals surface area contributed by atoms with Gasteiger partial charge in [-0.1, -0.05) is 0 Å². The van der Waals surface area contributed by atoms with Gasteiger partial charge in [0, 0.05) is 56.6 Å². The molecule has 2 aliphatic heterocycles. The number of likely N-dealkylation sites (N-methyl/N-ethyl adjacent to an activating group) is 1. The highest BCUT2D eigenvalue weighted by Gasteiger charge is 2.27. The van der Waals surface area contributed by atoms with Crippen molar-refractivity contribution in [2.45, 2.75) is 24.7 Å². The van der Waals surface area contributed by atoms with E-state index in [1.165, 1.54) is 17.9 Å². The van der Waals surface area contributed by atoms with Crippen molar-refractivity contribution < 1.29 is 22.8 Å². The molecule has 0 aliphatic carbocycles. The Hall–Kier alpha value is -3.20. The molecule has 0 aromatic heterocycles. The van der Waals surface area contributed by atoms with Crippen LogP contribution in [0.4, 0.5) is 11.4 Å². The lowest BCUT2D eigenvalue weighted by atomic mass is 10.1. The molecular formula is C24H27N3O5S. The molecule has 0 spiro atoms. The van der Waals surface area contributed by atoms with Crippen LogP contribution in [0.15, 0.2) is 47.4 Å². The van der Waals surface area contributed by atoms with Crippen molar-refractivity contribution in [1.82, 2.24) is 4.90 Å². The molecule has 8 nitrogen and oxygen atoms in total. The molecule has 2 heterocycles. The number of carbonyl (C=O) groups is 3. The highest BCUT2D eigenvalue weighted by molar-refractivity contribution is 7.91. The third-order valence-electron chi connectivity index (χ3n) is 6.34. The van der Waals surface area contributed by atoms with Crippen molar-refractivity contribution in [1.29, 1.82) is 0 Å². The number of anilines is 2. The van der Waals surface area contributed by atoms with Gasteiger partial charge in [0.05, 0.1) is 17.1 Å². The SMILES string of the molecule is CC(=O)c1ccc(N2CCN(C(=O)CCS(=O)(=O)c3ccc4c(c3)CC(=O)N4C)CC2)cc1. The second-order valence-corrected chi connectivity index (χ2v) is 10.6. The van der Waals surface area contributed by atoms with Crippen molar-refractivity contribution in [3.8, 4) is 0 Å². The molecule has 33 heavy (non-hydrogen) atoms. The maximum Gasteiger partial charge on any atom is 0.231 e. The molecule has 1 fully saturated rings. The average Bonchev–Trinajstić information content (AvgIpc) is 3.10.